The summed E-state index contributed by atoms with van der Waals surface area (Å²) in [6.45, 7) is 0. The molecule has 0 N–H and O–H groups in total. The molecule has 0 fully saturated rings. The van der Waals surface area contributed by atoms with Gasteiger partial charge in [0.25, 0.3) is 0 Å². The van der Waals surface area contributed by atoms with Crippen molar-refractivity contribution in [3.8, 4) is 5.75 Å². The molecule has 0 aliphatic carbocycles. The van der Waals surface area contributed by atoms with E-state index in [-0.39, 0.29) is 12.2 Å². The molecule has 18 heavy (non-hydrogen) atoms. The van der Waals surface area contributed by atoms with E-state index in [9.17, 15) is 4.79 Å². The Morgan fingerprint density at radius 3 is 2.61 bits per heavy atom. The molecule has 92 valence electrons. The quantitative estimate of drug-likeness (QED) is 0.794. The number of hydrogen-bond donors (Lipinski definition) is 0. The molecule has 0 atom stereocenters. The van der Waals surface area contributed by atoms with E-state index in [0.717, 1.165) is 5.75 Å². The van der Waals surface area contributed by atoms with Crippen LogP contribution >= 0.6 is 11.6 Å². The lowest BCUT2D eigenvalue weighted by Gasteiger charge is -2.03. The minimum atomic E-state index is 0.00687. The zero-order chi connectivity index (χ0) is 13.0. The standard InChI is InChI=1S/C14H12ClNO2/c1-18-13-4-2-10(3-5-13)14(17)9-12-8-11(15)6-7-16-12/h2-8H,9H2,1H3. The van der Waals surface area contributed by atoms with Gasteiger partial charge in [-0.2, -0.15) is 0 Å². The molecule has 0 bridgehead atoms. The van der Waals surface area contributed by atoms with Crippen LogP contribution in [-0.4, -0.2) is 17.9 Å². The van der Waals surface area contributed by atoms with Crippen molar-refractivity contribution >= 4 is 17.4 Å². The molecule has 3 nitrogen and oxygen atoms in total. The minimum Gasteiger partial charge on any atom is -0.497 e. The Labute approximate surface area is 110 Å². The normalized spacial score (nSPS) is 10.1. The van der Waals surface area contributed by atoms with Gasteiger partial charge >= 0.3 is 0 Å². The van der Waals surface area contributed by atoms with E-state index in [4.69, 9.17) is 16.3 Å². The van der Waals surface area contributed by atoms with Crippen molar-refractivity contribution in [2.45, 2.75) is 6.42 Å². The lowest BCUT2D eigenvalue weighted by atomic mass is 10.1. The fourth-order valence-corrected chi connectivity index (χ4v) is 1.77. The summed E-state index contributed by atoms with van der Waals surface area (Å²) in [5.74, 6) is 0.736. The van der Waals surface area contributed by atoms with Crippen LogP contribution in [0.25, 0.3) is 0 Å². The first kappa shape index (κ1) is 12.6. The van der Waals surface area contributed by atoms with Gasteiger partial charge < -0.3 is 4.74 Å². The molecule has 2 rings (SSSR count). The van der Waals surface area contributed by atoms with Gasteiger partial charge in [-0.25, -0.2) is 0 Å². The van der Waals surface area contributed by atoms with Crippen LogP contribution in [0.1, 0.15) is 16.1 Å². The van der Waals surface area contributed by atoms with Crippen molar-refractivity contribution in [3.05, 3.63) is 58.9 Å². The van der Waals surface area contributed by atoms with E-state index in [1.54, 1.807) is 49.7 Å². The minimum absolute atomic E-state index is 0.00687. The molecular formula is C14H12ClNO2. The number of aromatic nitrogens is 1. The average Bonchev–Trinajstić information content (AvgIpc) is 2.39. The van der Waals surface area contributed by atoms with Gasteiger partial charge in [0.15, 0.2) is 5.78 Å². The molecule has 0 spiro atoms. The van der Waals surface area contributed by atoms with Gasteiger partial charge in [-0.1, -0.05) is 11.6 Å². The Morgan fingerprint density at radius 1 is 1.28 bits per heavy atom. The van der Waals surface area contributed by atoms with Crippen LogP contribution in [0.5, 0.6) is 5.75 Å². The highest BCUT2D eigenvalue weighted by Crippen LogP contribution is 2.14. The number of Topliss-reactive ketones (excluding diaryl/α,β-unsaturated/α-hetero) is 1. The Balaban J connectivity index is 2.11. The molecule has 0 unspecified atom stereocenters. The molecule has 1 aromatic carbocycles. The molecule has 0 saturated carbocycles. The highest BCUT2D eigenvalue weighted by atomic mass is 35.5. The number of pyridine rings is 1. The fraction of sp³-hybridized carbons (Fsp3) is 0.143. The molecule has 0 aliphatic heterocycles. The number of ketones is 1. The van der Waals surface area contributed by atoms with Gasteiger partial charge in [0.2, 0.25) is 0 Å². The monoisotopic (exact) mass is 261 g/mol. The third kappa shape index (κ3) is 3.08. The second-order valence-electron chi connectivity index (χ2n) is 3.79. The third-order valence-corrected chi connectivity index (χ3v) is 2.77. The first-order chi connectivity index (χ1) is 8.69. The smallest absolute Gasteiger partial charge is 0.168 e. The lowest BCUT2D eigenvalue weighted by molar-refractivity contribution is 0.0992. The van der Waals surface area contributed by atoms with E-state index in [2.05, 4.69) is 4.98 Å². The summed E-state index contributed by atoms with van der Waals surface area (Å²) in [6, 6.07) is 10.4. The molecule has 0 saturated heterocycles. The van der Waals surface area contributed by atoms with Gasteiger partial charge in [0.1, 0.15) is 5.75 Å². The highest BCUT2D eigenvalue weighted by molar-refractivity contribution is 6.30. The Hall–Kier alpha value is -1.87. The highest BCUT2D eigenvalue weighted by Gasteiger charge is 2.08. The number of halogens is 1. The predicted octanol–water partition coefficient (Wildman–Crippen LogP) is 3.17. The van der Waals surface area contributed by atoms with Gasteiger partial charge in [0.05, 0.1) is 13.5 Å². The number of methoxy groups -OCH3 is 1. The Morgan fingerprint density at radius 2 is 2.00 bits per heavy atom. The van der Waals surface area contributed by atoms with Crippen LogP contribution in [0.4, 0.5) is 0 Å². The molecule has 4 heteroatoms. The first-order valence-corrected chi connectivity index (χ1v) is 5.84. The topological polar surface area (TPSA) is 39.2 Å². The van der Waals surface area contributed by atoms with Crippen molar-refractivity contribution in [1.82, 2.24) is 4.98 Å². The second-order valence-corrected chi connectivity index (χ2v) is 4.23. The van der Waals surface area contributed by atoms with Crippen LogP contribution in [0.15, 0.2) is 42.6 Å². The summed E-state index contributed by atoms with van der Waals surface area (Å²) in [6.07, 6.45) is 1.84. The van der Waals surface area contributed by atoms with E-state index in [1.807, 2.05) is 0 Å². The predicted molar refractivity (Wildman–Crippen MR) is 70.3 cm³/mol. The Bertz CT molecular complexity index is 552. The lowest BCUT2D eigenvalue weighted by Crippen LogP contribution is -2.04. The maximum Gasteiger partial charge on any atom is 0.168 e. The van der Waals surface area contributed by atoms with Crippen molar-refractivity contribution in [1.29, 1.82) is 0 Å². The first-order valence-electron chi connectivity index (χ1n) is 5.47. The van der Waals surface area contributed by atoms with Gasteiger partial charge in [-0.05, 0) is 36.4 Å². The van der Waals surface area contributed by atoms with Crippen LogP contribution in [0, 0.1) is 0 Å². The third-order valence-electron chi connectivity index (χ3n) is 2.53. The zero-order valence-corrected chi connectivity index (χ0v) is 10.6. The van der Waals surface area contributed by atoms with Crippen LogP contribution in [0.2, 0.25) is 5.02 Å². The maximum absolute atomic E-state index is 12.0. The summed E-state index contributed by atoms with van der Waals surface area (Å²) < 4.78 is 5.04. The number of carbonyl (C=O) groups excluding carboxylic acids is 1. The second kappa shape index (κ2) is 5.65. The molecule has 0 amide bonds. The summed E-state index contributed by atoms with van der Waals surface area (Å²) in [7, 11) is 1.59. The molecule has 2 aromatic rings. The van der Waals surface area contributed by atoms with Crippen LogP contribution < -0.4 is 4.74 Å². The van der Waals surface area contributed by atoms with Gasteiger partial charge in [-0.15, -0.1) is 0 Å². The zero-order valence-electron chi connectivity index (χ0n) is 9.89. The summed E-state index contributed by atoms with van der Waals surface area (Å²) in [5, 5.41) is 0.586. The summed E-state index contributed by atoms with van der Waals surface area (Å²) in [4.78, 5) is 16.1. The van der Waals surface area contributed by atoms with E-state index in [0.29, 0.717) is 16.3 Å². The molecule has 1 aromatic heterocycles. The largest absolute Gasteiger partial charge is 0.497 e. The molecule has 0 aliphatic rings. The van der Waals surface area contributed by atoms with Crippen LogP contribution in [-0.2, 0) is 6.42 Å². The SMILES string of the molecule is COc1ccc(C(=O)Cc2cc(Cl)ccn2)cc1. The number of rotatable bonds is 4. The number of nitrogens with zero attached hydrogens (tertiary/aromatic N) is 1. The van der Waals surface area contributed by atoms with E-state index < -0.39 is 0 Å². The van der Waals surface area contributed by atoms with Crippen LogP contribution in [0.3, 0.4) is 0 Å². The van der Waals surface area contributed by atoms with E-state index in [1.165, 1.54) is 0 Å². The molecular weight excluding hydrogens is 250 g/mol. The number of benzene rings is 1. The summed E-state index contributed by atoms with van der Waals surface area (Å²) >= 11 is 5.85. The van der Waals surface area contributed by atoms with Crippen molar-refractivity contribution in [3.63, 3.8) is 0 Å². The number of hydrogen-bond acceptors (Lipinski definition) is 3. The van der Waals surface area contributed by atoms with Crippen molar-refractivity contribution in [2.75, 3.05) is 7.11 Å². The molecule has 0 radical (unpaired) electrons. The molecule has 1 heterocycles. The van der Waals surface area contributed by atoms with E-state index >= 15 is 0 Å². The van der Waals surface area contributed by atoms with Gasteiger partial charge in [-0.3, -0.25) is 9.78 Å². The fourth-order valence-electron chi connectivity index (χ4n) is 1.59. The van der Waals surface area contributed by atoms with Crippen molar-refractivity contribution in [2.24, 2.45) is 0 Å². The average molecular weight is 262 g/mol. The number of carbonyl (C=O) groups is 1. The van der Waals surface area contributed by atoms with Gasteiger partial charge in [0, 0.05) is 22.5 Å². The van der Waals surface area contributed by atoms with Crippen molar-refractivity contribution < 1.29 is 9.53 Å². The number of ether oxygens (including phenoxy) is 1. The maximum atomic E-state index is 12.0. The Kier molecular flexibility index (Phi) is 3.95. The summed E-state index contributed by atoms with van der Waals surface area (Å²) in [5.41, 5.74) is 1.31.